The number of allylic oxidation sites excluding steroid dienone is 2. The molecule has 0 saturated carbocycles. The van der Waals surface area contributed by atoms with Gasteiger partial charge in [0.1, 0.15) is 12.4 Å². The molecule has 2 aromatic carbocycles. The lowest BCUT2D eigenvalue weighted by atomic mass is 9.77. The molecule has 154 valence electrons. The normalized spacial score (nSPS) is 19.0. The van der Waals surface area contributed by atoms with Crippen LogP contribution in [0.3, 0.4) is 0 Å². The Balaban J connectivity index is 1.72. The molecule has 1 amide bonds. The van der Waals surface area contributed by atoms with E-state index in [1.165, 1.54) is 5.56 Å². The Morgan fingerprint density at radius 1 is 1.07 bits per heavy atom. The zero-order valence-corrected chi connectivity index (χ0v) is 17.4. The number of ketones is 1. The quantitative estimate of drug-likeness (QED) is 0.614. The van der Waals surface area contributed by atoms with E-state index in [2.05, 4.69) is 25.6 Å². The smallest absolute Gasteiger partial charge is 0.232 e. The van der Waals surface area contributed by atoms with Crippen molar-refractivity contribution in [2.45, 2.75) is 44.9 Å². The van der Waals surface area contributed by atoms with Crippen molar-refractivity contribution in [3.8, 4) is 5.75 Å². The second-order valence-electron chi connectivity index (χ2n) is 7.81. The molecule has 0 bridgehead atoms. The highest BCUT2D eigenvalue weighted by Gasteiger charge is 2.39. The van der Waals surface area contributed by atoms with Gasteiger partial charge in [0.05, 0.1) is 0 Å². The van der Waals surface area contributed by atoms with Crippen molar-refractivity contribution in [3.63, 3.8) is 0 Å². The third kappa shape index (κ3) is 3.82. The molecule has 4 nitrogen and oxygen atoms in total. The van der Waals surface area contributed by atoms with E-state index < -0.39 is 0 Å². The van der Waals surface area contributed by atoms with Crippen LogP contribution in [0.15, 0.2) is 72.5 Å². The minimum atomic E-state index is -0.195. The van der Waals surface area contributed by atoms with Crippen LogP contribution in [0.1, 0.15) is 49.7 Å². The summed E-state index contributed by atoms with van der Waals surface area (Å²) in [5.41, 5.74) is 4.75. The Morgan fingerprint density at radius 3 is 2.47 bits per heavy atom. The highest BCUT2D eigenvalue weighted by Crippen LogP contribution is 2.43. The van der Waals surface area contributed by atoms with Gasteiger partial charge in [-0.2, -0.15) is 0 Å². The van der Waals surface area contributed by atoms with Gasteiger partial charge >= 0.3 is 0 Å². The molecule has 2 aliphatic rings. The molecule has 4 rings (SSSR count). The molecule has 1 unspecified atom stereocenters. The van der Waals surface area contributed by atoms with Crippen molar-refractivity contribution >= 4 is 17.4 Å². The van der Waals surface area contributed by atoms with E-state index in [9.17, 15) is 9.59 Å². The maximum atomic E-state index is 13.2. The van der Waals surface area contributed by atoms with Crippen molar-refractivity contribution in [2.75, 3.05) is 11.5 Å². The SMILES string of the molecule is C=CCOc1ccc(C2CC(=O)N(c3ccc(CC)cc3)C3=C2C(=O)CCC3)cc1. The molecule has 0 aromatic heterocycles. The fourth-order valence-electron chi connectivity index (χ4n) is 4.41. The number of carbonyl (C=O) groups is 2. The van der Waals surface area contributed by atoms with Gasteiger partial charge in [-0.3, -0.25) is 14.5 Å². The summed E-state index contributed by atoms with van der Waals surface area (Å²) in [7, 11) is 0. The Hall–Kier alpha value is -3.14. The number of amides is 1. The monoisotopic (exact) mass is 401 g/mol. The summed E-state index contributed by atoms with van der Waals surface area (Å²) >= 11 is 0. The summed E-state index contributed by atoms with van der Waals surface area (Å²) < 4.78 is 5.57. The first kappa shape index (κ1) is 20.1. The van der Waals surface area contributed by atoms with Gasteiger partial charge in [-0.1, -0.05) is 43.8 Å². The number of carbonyl (C=O) groups excluding carboxylic acids is 2. The van der Waals surface area contributed by atoms with Crippen molar-refractivity contribution in [1.82, 2.24) is 0 Å². The maximum Gasteiger partial charge on any atom is 0.232 e. The molecule has 0 saturated heterocycles. The van der Waals surface area contributed by atoms with E-state index in [0.29, 0.717) is 19.4 Å². The third-order valence-corrected chi connectivity index (χ3v) is 5.93. The summed E-state index contributed by atoms with van der Waals surface area (Å²) in [6, 6.07) is 15.8. The highest BCUT2D eigenvalue weighted by atomic mass is 16.5. The van der Waals surface area contributed by atoms with Crippen LogP contribution in [-0.4, -0.2) is 18.3 Å². The van der Waals surface area contributed by atoms with E-state index in [0.717, 1.165) is 47.5 Å². The van der Waals surface area contributed by atoms with Gasteiger partial charge in [-0.05, 0) is 54.7 Å². The molecule has 0 fully saturated rings. The summed E-state index contributed by atoms with van der Waals surface area (Å²) in [4.78, 5) is 28.0. The minimum absolute atomic E-state index is 0.0460. The van der Waals surface area contributed by atoms with Crippen molar-refractivity contribution in [1.29, 1.82) is 0 Å². The molecule has 1 heterocycles. The lowest BCUT2D eigenvalue weighted by Gasteiger charge is -2.38. The Kier molecular flexibility index (Phi) is 5.84. The Bertz CT molecular complexity index is 986. The first-order valence-electron chi connectivity index (χ1n) is 10.6. The molecule has 30 heavy (non-hydrogen) atoms. The Labute approximate surface area is 177 Å². The lowest BCUT2D eigenvalue weighted by Crippen LogP contribution is -2.40. The van der Waals surface area contributed by atoms with Crippen LogP contribution >= 0.6 is 0 Å². The number of hydrogen-bond acceptors (Lipinski definition) is 3. The number of aryl methyl sites for hydroxylation is 1. The van der Waals surface area contributed by atoms with Crippen LogP contribution in [0.5, 0.6) is 5.75 Å². The maximum absolute atomic E-state index is 13.2. The largest absolute Gasteiger partial charge is 0.490 e. The first-order chi connectivity index (χ1) is 14.6. The highest BCUT2D eigenvalue weighted by molar-refractivity contribution is 6.07. The summed E-state index contributed by atoms with van der Waals surface area (Å²) in [5.74, 6) is 0.767. The summed E-state index contributed by atoms with van der Waals surface area (Å²) in [6.45, 7) is 6.22. The van der Waals surface area contributed by atoms with E-state index >= 15 is 0 Å². The number of Topliss-reactive ketones (excluding diaryl/α,β-unsaturated/α-hetero) is 1. The van der Waals surface area contributed by atoms with Crippen molar-refractivity contribution < 1.29 is 14.3 Å². The van der Waals surface area contributed by atoms with Crippen LogP contribution in [0.4, 0.5) is 5.69 Å². The van der Waals surface area contributed by atoms with Gasteiger partial charge < -0.3 is 4.74 Å². The molecule has 1 aliphatic carbocycles. The summed E-state index contributed by atoms with van der Waals surface area (Å²) in [6.07, 6.45) is 5.04. The zero-order valence-electron chi connectivity index (χ0n) is 17.4. The van der Waals surface area contributed by atoms with Crippen LogP contribution in [-0.2, 0) is 16.0 Å². The number of anilines is 1. The van der Waals surface area contributed by atoms with E-state index in [-0.39, 0.29) is 17.6 Å². The average molecular weight is 402 g/mol. The fourth-order valence-corrected chi connectivity index (χ4v) is 4.41. The number of ether oxygens (including phenoxy) is 1. The van der Waals surface area contributed by atoms with Crippen molar-refractivity contribution in [3.05, 3.63) is 83.6 Å². The predicted molar refractivity (Wildman–Crippen MR) is 119 cm³/mol. The molecule has 0 spiro atoms. The molecule has 2 aromatic rings. The lowest BCUT2D eigenvalue weighted by molar-refractivity contribution is -0.119. The van der Waals surface area contributed by atoms with E-state index in [4.69, 9.17) is 4.74 Å². The van der Waals surface area contributed by atoms with Gasteiger partial charge in [-0.25, -0.2) is 0 Å². The number of hydrogen-bond donors (Lipinski definition) is 0. The topological polar surface area (TPSA) is 46.6 Å². The average Bonchev–Trinajstić information content (AvgIpc) is 2.78. The predicted octanol–water partition coefficient (Wildman–Crippen LogP) is 5.34. The molecule has 1 atom stereocenters. The van der Waals surface area contributed by atoms with Crippen LogP contribution in [0.2, 0.25) is 0 Å². The third-order valence-electron chi connectivity index (χ3n) is 5.93. The molecule has 0 radical (unpaired) electrons. The van der Waals surface area contributed by atoms with E-state index in [1.807, 2.05) is 36.4 Å². The molecule has 4 heteroatoms. The minimum Gasteiger partial charge on any atom is -0.490 e. The number of rotatable bonds is 6. The number of nitrogens with zero attached hydrogens (tertiary/aromatic N) is 1. The van der Waals surface area contributed by atoms with Crippen LogP contribution in [0, 0.1) is 0 Å². The molecule has 0 N–H and O–H groups in total. The van der Waals surface area contributed by atoms with E-state index in [1.54, 1.807) is 11.0 Å². The second-order valence-corrected chi connectivity index (χ2v) is 7.81. The van der Waals surface area contributed by atoms with Crippen LogP contribution < -0.4 is 9.64 Å². The zero-order chi connectivity index (χ0) is 21.1. The second kappa shape index (κ2) is 8.70. The van der Waals surface area contributed by atoms with Gasteiger partial charge in [0, 0.05) is 35.7 Å². The summed E-state index contributed by atoms with van der Waals surface area (Å²) in [5, 5.41) is 0. The molecular formula is C26H27NO3. The van der Waals surface area contributed by atoms with Gasteiger partial charge in [0.25, 0.3) is 0 Å². The molecular weight excluding hydrogens is 374 g/mol. The van der Waals surface area contributed by atoms with Crippen molar-refractivity contribution in [2.24, 2.45) is 0 Å². The first-order valence-corrected chi connectivity index (χ1v) is 10.6. The van der Waals surface area contributed by atoms with Gasteiger partial charge in [0.15, 0.2) is 5.78 Å². The fraction of sp³-hybridized carbons (Fsp3) is 0.308. The molecule has 1 aliphatic heterocycles. The van der Waals surface area contributed by atoms with Gasteiger partial charge in [-0.15, -0.1) is 0 Å². The van der Waals surface area contributed by atoms with Crippen LogP contribution in [0.25, 0.3) is 0 Å². The van der Waals surface area contributed by atoms with Gasteiger partial charge in [0.2, 0.25) is 5.91 Å². The number of benzene rings is 2. The Morgan fingerprint density at radius 2 is 1.80 bits per heavy atom. The standard InChI is InChI=1S/C26H27NO3/c1-3-16-30-21-14-10-19(11-15-21)22-17-25(29)27(20-12-8-18(4-2)9-13-20)23-6-5-7-24(28)26(22)23/h3,8-15,22H,1,4-7,16-17H2,2H3.